The van der Waals surface area contributed by atoms with E-state index in [0.717, 1.165) is 39.1 Å². The second kappa shape index (κ2) is 14.2. The van der Waals surface area contributed by atoms with Crippen LogP contribution in [0.2, 0.25) is 0 Å². The zero-order valence-electron chi connectivity index (χ0n) is 32.0. The maximum absolute atomic E-state index is 6.09. The number of hydrogen-bond acceptors (Lipinski definition) is 4. The number of anilines is 1. The second-order valence-corrected chi connectivity index (χ2v) is 15.0. The van der Waals surface area contributed by atoms with Crippen molar-refractivity contribution >= 4 is 16.5 Å². The highest BCUT2D eigenvalue weighted by molar-refractivity contribution is 6.22. The van der Waals surface area contributed by atoms with Gasteiger partial charge in [-0.05, 0) is 95.7 Å². The predicted octanol–water partition coefficient (Wildman–Crippen LogP) is 13.9. The number of fused-ring (bicyclic) bond motifs is 3. The molecule has 0 bridgehead atoms. The number of benzene rings is 9. The van der Waals surface area contributed by atoms with Gasteiger partial charge in [-0.3, -0.25) is 0 Å². The summed E-state index contributed by atoms with van der Waals surface area (Å²) in [5.74, 6) is 1.86. The lowest BCUT2D eigenvalue weighted by atomic mass is 9.82. The minimum absolute atomic E-state index is 0.614. The maximum Gasteiger partial charge on any atom is 0.164 e. The molecule has 2 N–H and O–H groups in total. The van der Waals surface area contributed by atoms with Gasteiger partial charge < -0.3 is 5.73 Å². The van der Waals surface area contributed by atoms with Crippen LogP contribution in [0, 0.1) is 0 Å². The van der Waals surface area contributed by atoms with Crippen molar-refractivity contribution in [1.82, 2.24) is 15.0 Å². The average molecular weight is 753 g/mol. The molecule has 4 heteroatoms. The van der Waals surface area contributed by atoms with Crippen LogP contribution in [-0.2, 0) is 0 Å². The molecule has 1 aliphatic rings. The molecule has 0 aliphatic heterocycles. The van der Waals surface area contributed by atoms with E-state index in [0.29, 0.717) is 17.5 Å². The Bertz CT molecular complexity index is 3170. The van der Waals surface area contributed by atoms with Crippen molar-refractivity contribution in [3.05, 3.63) is 206 Å². The van der Waals surface area contributed by atoms with Crippen molar-refractivity contribution in [2.24, 2.45) is 0 Å². The van der Waals surface area contributed by atoms with Crippen molar-refractivity contribution in [1.29, 1.82) is 0 Å². The summed E-state index contributed by atoms with van der Waals surface area (Å²) in [7, 11) is 0. The molecule has 0 atom stereocenters. The van der Waals surface area contributed by atoms with Crippen LogP contribution in [0.4, 0.5) is 5.69 Å². The lowest BCUT2D eigenvalue weighted by Gasteiger charge is -2.21. The third kappa shape index (κ3) is 6.06. The van der Waals surface area contributed by atoms with E-state index >= 15 is 0 Å². The average Bonchev–Trinajstić information content (AvgIpc) is 3.65. The van der Waals surface area contributed by atoms with Gasteiger partial charge in [0, 0.05) is 22.4 Å². The zero-order valence-corrected chi connectivity index (χ0v) is 32.0. The molecule has 0 fully saturated rings. The first-order valence-corrected chi connectivity index (χ1v) is 19.9. The number of hydrogen-bond donors (Lipinski definition) is 1. The van der Waals surface area contributed by atoms with Gasteiger partial charge in [-0.2, -0.15) is 0 Å². The first-order chi connectivity index (χ1) is 29.2. The predicted molar refractivity (Wildman–Crippen MR) is 244 cm³/mol. The molecule has 11 rings (SSSR count). The third-order valence-electron chi connectivity index (χ3n) is 11.4. The first kappa shape index (κ1) is 34.3. The van der Waals surface area contributed by atoms with Crippen LogP contribution in [0.15, 0.2) is 206 Å². The fraction of sp³-hybridized carbons (Fsp3) is 0. The molecular weight excluding hydrogens is 717 g/mol. The maximum atomic E-state index is 6.09. The van der Waals surface area contributed by atoms with Crippen molar-refractivity contribution < 1.29 is 0 Å². The standard InChI is InChI=1S/C55H36N4/c56-44-22-10-21-43(33-44)35-25-29-41(30-26-35)54-57-53(40-17-8-3-9-18-40)58-55(59-54)42-31-27-37(28-32-42)47-34-48(36-13-4-1-5-14-36)51-45-23-11-19-38-20-12-24-46(49(38)45)52(51)50(47)39-15-6-2-7-16-39/h1-34H,56H2. The molecule has 59 heavy (non-hydrogen) atoms. The van der Waals surface area contributed by atoms with Gasteiger partial charge in [0.1, 0.15) is 0 Å². The Kier molecular flexibility index (Phi) is 8.26. The number of nitrogen functional groups attached to an aromatic ring is 1. The molecule has 0 unspecified atom stereocenters. The van der Waals surface area contributed by atoms with Gasteiger partial charge in [0.2, 0.25) is 0 Å². The van der Waals surface area contributed by atoms with E-state index in [1.807, 2.05) is 48.5 Å². The van der Waals surface area contributed by atoms with Gasteiger partial charge in [0.15, 0.2) is 17.5 Å². The van der Waals surface area contributed by atoms with Gasteiger partial charge in [0.05, 0.1) is 0 Å². The van der Waals surface area contributed by atoms with Crippen molar-refractivity contribution in [3.63, 3.8) is 0 Å². The fourth-order valence-electron chi connectivity index (χ4n) is 8.65. The summed E-state index contributed by atoms with van der Waals surface area (Å²) >= 11 is 0. The van der Waals surface area contributed by atoms with Crippen LogP contribution < -0.4 is 5.73 Å². The molecule has 0 saturated carbocycles. The number of aromatic nitrogens is 3. The molecule has 9 aromatic carbocycles. The summed E-state index contributed by atoms with van der Waals surface area (Å²) in [6, 6.07) is 72.5. The SMILES string of the molecule is Nc1cccc(-c2ccc(-c3nc(-c4ccccc4)nc(-c4ccc(-c5cc(-c6ccccc6)c6c(c5-c5ccccc5)-c5cccc7cccc-6c57)cc4)n3)cc2)c1. The largest absolute Gasteiger partial charge is 0.399 e. The Morgan fingerprint density at radius 1 is 0.271 bits per heavy atom. The van der Waals surface area contributed by atoms with Crippen LogP contribution in [0.1, 0.15) is 0 Å². The molecule has 0 radical (unpaired) electrons. The molecule has 1 aliphatic carbocycles. The van der Waals surface area contributed by atoms with Gasteiger partial charge in [0.25, 0.3) is 0 Å². The smallest absolute Gasteiger partial charge is 0.164 e. The molecular formula is C55H36N4. The quantitative estimate of drug-likeness (QED) is 0.165. The Morgan fingerprint density at radius 2 is 0.695 bits per heavy atom. The summed E-state index contributed by atoms with van der Waals surface area (Å²) < 4.78 is 0. The van der Waals surface area contributed by atoms with Gasteiger partial charge >= 0.3 is 0 Å². The Labute approximate surface area is 343 Å². The van der Waals surface area contributed by atoms with E-state index in [9.17, 15) is 0 Å². The Balaban J connectivity index is 1.07. The van der Waals surface area contributed by atoms with Gasteiger partial charge in [-0.1, -0.05) is 188 Å². The molecule has 10 aromatic rings. The van der Waals surface area contributed by atoms with Gasteiger partial charge in [-0.25, -0.2) is 15.0 Å². The van der Waals surface area contributed by atoms with E-state index in [-0.39, 0.29) is 0 Å². The van der Waals surface area contributed by atoms with Crippen molar-refractivity contribution in [3.8, 4) is 101 Å². The summed E-state index contributed by atoms with van der Waals surface area (Å²) in [6.45, 7) is 0. The lowest BCUT2D eigenvalue weighted by Crippen LogP contribution is -2.00. The fourth-order valence-corrected chi connectivity index (χ4v) is 8.65. The van der Waals surface area contributed by atoms with Crippen LogP contribution in [0.25, 0.3) is 112 Å². The highest BCUT2D eigenvalue weighted by atomic mass is 15.0. The third-order valence-corrected chi connectivity index (χ3v) is 11.4. The van der Waals surface area contributed by atoms with E-state index in [1.54, 1.807) is 0 Å². The zero-order chi connectivity index (χ0) is 39.3. The second-order valence-electron chi connectivity index (χ2n) is 15.0. The Hall–Kier alpha value is -7.95. The van der Waals surface area contributed by atoms with Crippen LogP contribution in [0.3, 0.4) is 0 Å². The molecule has 276 valence electrons. The Morgan fingerprint density at radius 3 is 1.27 bits per heavy atom. The minimum Gasteiger partial charge on any atom is -0.399 e. The molecule has 0 spiro atoms. The minimum atomic E-state index is 0.614. The van der Waals surface area contributed by atoms with E-state index in [4.69, 9.17) is 20.7 Å². The van der Waals surface area contributed by atoms with Crippen molar-refractivity contribution in [2.75, 3.05) is 5.73 Å². The molecule has 0 amide bonds. The lowest BCUT2D eigenvalue weighted by molar-refractivity contribution is 1.07. The number of rotatable bonds is 7. The highest BCUT2D eigenvalue weighted by Crippen LogP contribution is 2.57. The van der Waals surface area contributed by atoms with Gasteiger partial charge in [-0.15, -0.1) is 0 Å². The van der Waals surface area contributed by atoms with E-state index in [1.165, 1.54) is 60.8 Å². The summed E-state index contributed by atoms with van der Waals surface area (Å²) in [5, 5.41) is 2.56. The van der Waals surface area contributed by atoms with E-state index in [2.05, 4.69) is 158 Å². The normalized spacial score (nSPS) is 11.5. The molecule has 0 saturated heterocycles. The summed E-state index contributed by atoms with van der Waals surface area (Å²) in [5.41, 5.74) is 24.0. The van der Waals surface area contributed by atoms with Crippen molar-refractivity contribution in [2.45, 2.75) is 0 Å². The van der Waals surface area contributed by atoms with Crippen LogP contribution >= 0.6 is 0 Å². The monoisotopic (exact) mass is 752 g/mol. The van der Waals surface area contributed by atoms with E-state index < -0.39 is 0 Å². The number of nitrogens with two attached hydrogens (primary N) is 1. The molecule has 4 nitrogen and oxygen atoms in total. The topological polar surface area (TPSA) is 64.7 Å². The molecule has 1 heterocycles. The highest BCUT2D eigenvalue weighted by Gasteiger charge is 2.30. The van der Waals surface area contributed by atoms with Crippen LogP contribution in [-0.4, -0.2) is 15.0 Å². The summed E-state index contributed by atoms with van der Waals surface area (Å²) in [6.07, 6.45) is 0. The number of nitrogens with zero attached hydrogens (tertiary/aromatic N) is 3. The van der Waals surface area contributed by atoms with Crippen LogP contribution in [0.5, 0.6) is 0 Å². The summed E-state index contributed by atoms with van der Waals surface area (Å²) in [4.78, 5) is 15.1. The molecule has 1 aromatic heterocycles. The first-order valence-electron chi connectivity index (χ1n) is 19.9.